The van der Waals surface area contributed by atoms with Crippen LogP contribution in [0, 0.1) is 6.92 Å². The zero-order chi connectivity index (χ0) is 12.4. The average molecular weight is 256 g/mol. The van der Waals surface area contributed by atoms with E-state index in [1.54, 1.807) is 6.92 Å². The fourth-order valence-corrected chi connectivity index (χ4v) is 1.69. The molecule has 0 aliphatic heterocycles. The van der Waals surface area contributed by atoms with Crippen molar-refractivity contribution in [3.63, 3.8) is 0 Å². The predicted molar refractivity (Wildman–Crippen MR) is 56.4 cm³/mol. The molecular weight excluding hydrogens is 248 g/mol. The molecule has 0 bridgehead atoms. The number of hydrogen-bond acceptors (Lipinski definition) is 8. The van der Waals surface area contributed by atoms with Crippen LogP contribution in [0.4, 0.5) is 0 Å². The molecule has 2 aromatic rings. The van der Waals surface area contributed by atoms with Gasteiger partial charge in [0.15, 0.2) is 0 Å². The third-order valence-corrected chi connectivity index (χ3v) is 2.77. The van der Waals surface area contributed by atoms with Gasteiger partial charge in [0, 0.05) is 0 Å². The molecule has 90 valence electrons. The van der Waals surface area contributed by atoms with E-state index < -0.39 is 11.7 Å². The highest BCUT2D eigenvalue weighted by Gasteiger charge is 2.17. The molecule has 0 unspecified atom stereocenters. The van der Waals surface area contributed by atoms with Crippen LogP contribution in [0.15, 0.2) is 9.21 Å². The van der Waals surface area contributed by atoms with Crippen LogP contribution < -0.4 is 5.76 Å². The van der Waals surface area contributed by atoms with Gasteiger partial charge in [-0.2, -0.15) is 4.68 Å². The first kappa shape index (κ1) is 11.5. The summed E-state index contributed by atoms with van der Waals surface area (Å²) >= 11 is 1.06. The number of rotatable bonds is 3. The van der Waals surface area contributed by atoms with E-state index in [2.05, 4.69) is 19.4 Å². The summed E-state index contributed by atoms with van der Waals surface area (Å²) in [5.41, 5.74) is 0.612. The molecule has 0 aromatic carbocycles. The SMILES string of the molecule is COC(=O)Cn1nc(-c2snnc2C)oc1=O. The Bertz CT molecular complexity index is 599. The maximum Gasteiger partial charge on any atom is 0.437 e. The lowest BCUT2D eigenvalue weighted by molar-refractivity contribution is -0.141. The minimum atomic E-state index is -0.724. The molecule has 0 aliphatic rings. The Balaban J connectivity index is 2.34. The number of carbonyl (C=O) groups excluding carboxylic acids is 1. The van der Waals surface area contributed by atoms with E-state index in [4.69, 9.17) is 4.42 Å². The Hall–Kier alpha value is -2.03. The van der Waals surface area contributed by atoms with Crippen molar-refractivity contribution in [1.82, 2.24) is 19.4 Å². The van der Waals surface area contributed by atoms with Crippen molar-refractivity contribution in [2.24, 2.45) is 0 Å². The van der Waals surface area contributed by atoms with Gasteiger partial charge in [0.2, 0.25) is 0 Å². The Kier molecular flexibility index (Phi) is 3.00. The summed E-state index contributed by atoms with van der Waals surface area (Å²) < 4.78 is 13.9. The highest BCUT2D eigenvalue weighted by Crippen LogP contribution is 2.21. The largest absolute Gasteiger partial charge is 0.468 e. The monoisotopic (exact) mass is 256 g/mol. The number of ether oxygens (including phenoxy) is 1. The molecule has 0 amide bonds. The molecule has 0 saturated carbocycles. The molecule has 2 aromatic heterocycles. The summed E-state index contributed by atoms with van der Waals surface area (Å²) in [4.78, 5) is 23.0. The molecule has 0 aliphatic carbocycles. The van der Waals surface area contributed by atoms with Crippen LogP contribution in [-0.2, 0) is 16.1 Å². The van der Waals surface area contributed by atoms with Crippen LogP contribution in [0.5, 0.6) is 0 Å². The molecule has 2 heterocycles. The van der Waals surface area contributed by atoms with Gasteiger partial charge < -0.3 is 9.15 Å². The molecule has 0 fully saturated rings. The molecular formula is C8H8N4O4S. The highest BCUT2D eigenvalue weighted by atomic mass is 32.1. The minimum absolute atomic E-state index is 0.103. The quantitative estimate of drug-likeness (QED) is 0.703. The summed E-state index contributed by atoms with van der Waals surface area (Å²) in [6.45, 7) is 1.43. The molecule has 17 heavy (non-hydrogen) atoms. The smallest absolute Gasteiger partial charge is 0.437 e. The third-order valence-electron chi connectivity index (χ3n) is 1.96. The third kappa shape index (κ3) is 2.23. The summed E-state index contributed by atoms with van der Waals surface area (Å²) in [6, 6.07) is 0. The van der Waals surface area contributed by atoms with Crippen LogP contribution in [0.1, 0.15) is 5.69 Å². The molecule has 8 nitrogen and oxygen atoms in total. The summed E-state index contributed by atoms with van der Waals surface area (Å²) in [7, 11) is 1.23. The Labute approximate surface area is 99.0 Å². The average Bonchev–Trinajstić information content (AvgIpc) is 2.86. The van der Waals surface area contributed by atoms with Crippen LogP contribution in [0.25, 0.3) is 10.8 Å². The van der Waals surface area contributed by atoms with E-state index in [1.165, 1.54) is 7.11 Å². The van der Waals surface area contributed by atoms with Crippen molar-refractivity contribution in [1.29, 1.82) is 0 Å². The van der Waals surface area contributed by atoms with E-state index in [0.29, 0.717) is 10.6 Å². The van der Waals surface area contributed by atoms with Crippen molar-refractivity contribution >= 4 is 17.5 Å². The fraction of sp³-hybridized carbons (Fsp3) is 0.375. The lowest BCUT2D eigenvalue weighted by Gasteiger charge is -1.95. The lowest BCUT2D eigenvalue weighted by Crippen LogP contribution is -2.22. The lowest BCUT2D eigenvalue weighted by atomic mass is 10.4. The van der Waals surface area contributed by atoms with Crippen LogP contribution >= 0.6 is 11.5 Å². The van der Waals surface area contributed by atoms with Crippen molar-refractivity contribution < 1.29 is 13.9 Å². The summed E-state index contributed by atoms with van der Waals surface area (Å²) in [5, 5.41) is 7.64. The maximum atomic E-state index is 11.4. The van der Waals surface area contributed by atoms with Gasteiger partial charge in [0.1, 0.15) is 11.4 Å². The number of carbonyl (C=O) groups is 1. The van der Waals surface area contributed by atoms with Gasteiger partial charge >= 0.3 is 11.7 Å². The Morgan fingerprint density at radius 2 is 2.35 bits per heavy atom. The second-order valence-corrected chi connectivity index (χ2v) is 3.85. The fourth-order valence-electron chi connectivity index (χ4n) is 1.11. The number of methoxy groups -OCH3 is 1. The van der Waals surface area contributed by atoms with Crippen LogP contribution in [0.2, 0.25) is 0 Å². The summed E-state index contributed by atoms with van der Waals surface area (Å²) in [6.07, 6.45) is 0. The van der Waals surface area contributed by atoms with Gasteiger partial charge in [-0.05, 0) is 18.5 Å². The van der Waals surface area contributed by atoms with Gasteiger partial charge in [-0.25, -0.2) is 4.79 Å². The Morgan fingerprint density at radius 3 is 2.94 bits per heavy atom. The van der Waals surface area contributed by atoms with Gasteiger partial charge in [0.25, 0.3) is 5.89 Å². The van der Waals surface area contributed by atoms with Crippen LogP contribution in [-0.4, -0.2) is 32.4 Å². The Morgan fingerprint density at radius 1 is 1.59 bits per heavy atom. The van der Waals surface area contributed by atoms with Crippen molar-refractivity contribution in [2.45, 2.75) is 13.5 Å². The maximum absolute atomic E-state index is 11.4. The van der Waals surface area contributed by atoms with E-state index >= 15 is 0 Å². The second kappa shape index (κ2) is 4.45. The van der Waals surface area contributed by atoms with Gasteiger partial charge in [-0.3, -0.25) is 4.79 Å². The number of aryl methyl sites for hydroxylation is 1. The van der Waals surface area contributed by atoms with Gasteiger partial charge in [-0.1, -0.05) is 4.49 Å². The summed E-state index contributed by atoms with van der Waals surface area (Å²) in [5.74, 6) is -1.20. The molecule has 0 spiro atoms. The highest BCUT2D eigenvalue weighted by molar-refractivity contribution is 7.09. The van der Waals surface area contributed by atoms with Gasteiger partial charge in [0.05, 0.1) is 12.8 Å². The van der Waals surface area contributed by atoms with Crippen molar-refractivity contribution in [2.75, 3.05) is 7.11 Å². The van der Waals surface area contributed by atoms with Crippen molar-refractivity contribution in [3.05, 3.63) is 16.2 Å². The predicted octanol–water partition coefficient (Wildman–Crippen LogP) is -0.164. The van der Waals surface area contributed by atoms with E-state index in [0.717, 1.165) is 16.2 Å². The standard InChI is InChI=1S/C8H8N4O4S/c1-4-6(17-11-9-4)7-10-12(8(14)16-7)3-5(13)15-2/h3H2,1-2H3. The normalized spacial score (nSPS) is 10.5. The van der Waals surface area contributed by atoms with Crippen LogP contribution in [0.3, 0.4) is 0 Å². The minimum Gasteiger partial charge on any atom is -0.468 e. The van der Waals surface area contributed by atoms with E-state index in [1.807, 2.05) is 0 Å². The molecule has 0 atom stereocenters. The first-order chi connectivity index (χ1) is 8.11. The first-order valence-corrected chi connectivity index (χ1v) is 5.33. The number of nitrogens with zero attached hydrogens (tertiary/aromatic N) is 4. The zero-order valence-electron chi connectivity index (χ0n) is 9.04. The molecule has 0 radical (unpaired) electrons. The molecule has 2 rings (SSSR count). The van der Waals surface area contributed by atoms with E-state index in [-0.39, 0.29) is 12.4 Å². The first-order valence-electron chi connectivity index (χ1n) is 4.56. The van der Waals surface area contributed by atoms with E-state index in [9.17, 15) is 9.59 Å². The number of esters is 1. The molecule has 9 heteroatoms. The zero-order valence-corrected chi connectivity index (χ0v) is 9.85. The number of hydrogen-bond donors (Lipinski definition) is 0. The number of aromatic nitrogens is 4. The molecule has 0 saturated heterocycles. The molecule has 0 N–H and O–H groups in total. The topological polar surface area (TPSA) is 100 Å². The van der Waals surface area contributed by atoms with Crippen molar-refractivity contribution in [3.8, 4) is 10.8 Å². The second-order valence-electron chi connectivity index (χ2n) is 3.09. The van der Waals surface area contributed by atoms with Gasteiger partial charge in [-0.15, -0.1) is 10.2 Å².